The highest BCUT2D eigenvalue weighted by molar-refractivity contribution is 5.29. The van der Waals surface area contributed by atoms with Crippen molar-refractivity contribution in [2.75, 3.05) is 0 Å². The van der Waals surface area contributed by atoms with Crippen molar-refractivity contribution < 1.29 is 5.11 Å². The molecule has 0 aliphatic heterocycles. The van der Waals surface area contributed by atoms with Crippen LogP contribution in [0.3, 0.4) is 0 Å². The highest BCUT2D eigenvalue weighted by Gasteiger charge is 1.99. The van der Waals surface area contributed by atoms with E-state index in [1.54, 1.807) is 6.92 Å². The molecule has 1 aliphatic carbocycles. The molecule has 0 aromatic rings. The van der Waals surface area contributed by atoms with Crippen LogP contribution in [0.15, 0.2) is 11.6 Å². The first-order chi connectivity index (χ1) is 5.79. The highest BCUT2D eigenvalue weighted by atomic mass is 16.3. The average Bonchev–Trinajstić information content (AvgIpc) is 2.05. The molecule has 0 aromatic carbocycles. The van der Waals surface area contributed by atoms with Gasteiger partial charge in [0, 0.05) is 6.42 Å². The normalized spacial score (nSPS) is 19.0. The van der Waals surface area contributed by atoms with Crippen LogP contribution >= 0.6 is 0 Å². The van der Waals surface area contributed by atoms with Crippen LogP contribution in [0.25, 0.3) is 0 Å². The molecule has 0 radical (unpaired) electrons. The summed E-state index contributed by atoms with van der Waals surface area (Å²) >= 11 is 0. The summed E-state index contributed by atoms with van der Waals surface area (Å²) < 4.78 is 0. The Morgan fingerprint density at radius 2 is 2.42 bits per heavy atom. The van der Waals surface area contributed by atoms with Crippen molar-refractivity contribution in [3.05, 3.63) is 11.6 Å². The molecule has 1 N–H and O–H groups in total. The van der Waals surface area contributed by atoms with E-state index in [2.05, 4.69) is 17.9 Å². The van der Waals surface area contributed by atoms with Gasteiger partial charge >= 0.3 is 0 Å². The number of aliphatic hydroxyl groups excluding tert-OH is 1. The van der Waals surface area contributed by atoms with Crippen LogP contribution in [0, 0.1) is 11.8 Å². The van der Waals surface area contributed by atoms with Crippen LogP contribution in [0.2, 0.25) is 0 Å². The molecule has 1 atom stereocenters. The van der Waals surface area contributed by atoms with E-state index in [4.69, 9.17) is 5.11 Å². The lowest BCUT2D eigenvalue weighted by Gasteiger charge is -2.05. The van der Waals surface area contributed by atoms with Crippen LogP contribution in [-0.2, 0) is 0 Å². The molecule has 1 unspecified atom stereocenters. The van der Waals surface area contributed by atoms with E-state index in [-0.39, 0.29) is 6.10 Å². The first-order valence-corrected chi connectivity index (χ1v) is 4.65. The molecule has 1 nitrogen and oxygen atoms in total. The fraction of sp³-hybridized carbons (Fsp3) is 0.636. The maximum Gasteiger partial charge on any atom is 0.0621 e. The van der Waals surface area contributed by atoms with E-state index in [1.165, 1.54) is 24.8 Å². The average molecular weight is 164 g/mol. The van der Waals surface area contributed by atoms with Gasteiger partial charge in [-0.15, -0.1) is 0 Å². The Labute approximate surface area is 74.5 Å². The van der Waals surface area contributed by atoms with Gasteiger partial charge in [-0.25, -0.2) is 0 Å². The molecule has 0 saturated heterocycles. The number of hydrogen-bond acceptors (Lipinski definition) is 1. The van der Waals surface area contributed by atoms with Crippen molar-refractivity contribution in [2.24, 2.45) is 0 Å². The van der Waals surface area contributed by atoms with Gasteiger partial charge in [-0.1, -0.05) is 17.9 Å². The fourth-order valence-corrected chi connectivity index (χ4v) is 1.26. The third kappa shape index (κ3) is 3.59. The summed E-state index contributed by atoms with van der Waals surface area (Å²) in [7, 11) is 0. The molecule has 12 heavy (non-hydrogen) atoms. The monoisotopic (exact) mass is 164 g/mol. The Kier molecular flexibility index (Phi) is 3.90. The van der Waals surface area contributed by atoms with E-state index in [0.717, 1.165) is 6.42 Å². The standard InChI is InChI=1S/C11H16O/c1-10(12)6-5-9-11-7-3-2-4-8-11/h7,10,12H,2-4,6,8H2,1H3. The second-order valence-electron chi connectivity index (χ2n) is 3.33. The van der Waals surface area contributed by atoms with E-state index < -0.39 is 0 Å². The van der Waals surface area contributed by atoms with Crippen LogP contribution in [0.4, 0.5) is 0 Å². The van der Waals surface area contributed by atoms with Crippen molar-refractivity contribution in [3.8, 4) is 11.8 Å². The van der Waals surface area contributed by atoms with E-state index >= 15 is 0 Å². The fourth-order valence-electron chi connectivity index (χ4n) is 1.26. The Bertz CT molecular complexity index is 215. The zero-order valence-corrected chi connectivity index (χ0v) is 7.64. The summed E-state index contributed by atoms with van der Waals surface area (Å²) in [4.78, 5) is 0. The lowest BCUT2D eigenvalue weighted by Crippen LogP contribution is -1.96. The maximum absolute atomic E-state index is 8.96. The highest BCUT2D eigenvalue weighted by Crippen LogP contribution is 2.16. The number of allylic oxidation sites excluding steroid dienone is 2. The zero-order valence-electron chi connectivity index (χ0n) is 7.64. The van der Waals surface area contributed by atoms with Gasteiger partial charge in [-0.05, 0) is 38.2 Å². The van der Waals surface area contributed by atoms with Crippen molar-refractivity contribution >= 4 is 0 Å². The second-order valence-corrected chi connectivity index (χ2v) is 3.33. The molecule has 0 spiro atoms. The third-order valence-corrected chi connectivity index (χ3v) is 1.94. The lowest BCUT2D eigenvalue weighted by atomic mass is 10.00. The summed E-state index contributed by atoms with van der Waals surface area (Å²) in [5, 5.41) is 8.96. The Balaban J connectivity index is 2.36. The first-order valence-electron chi connectivity index (χ1n) is 4.65. The molecule has 0 heterocycles. The topological polar surface area (TPSA) is 20.2 Å². The predicted octanol–water partition coefficient (Wildman–Crippen LogP) is 2.26. The van der Waals surface area contributed by atoms with Gasteiger partial charge < -0.3 is 5.11 Å². The predicted molar refractivity (Wildman–Crippen MR) is 50.6 cm³/mol. The van der Waals surface area contributed by atoms with E-state index in [1.807, 2.05) is 0 Å². The van der Waals surface area contributed by atoms with Crippen molar-refractivity contribution in [1.29, 1.82) is 0 Å². The van der Waals surface area contributed by atoms with Gasteiger partial charge in [0.05, 0.1) is 6.10 Å². The summed E-state index contributed by atoms with van der Waals surface area (Å²) in [6.45, 7) is 1.77. The van der Waals surface area contributed by atoms with Gasteiger partial charge in [0.25, 0.3) is 0 Å². The van der Waals surface area contributed by atoms with Gasteiger partial charge in [-0.3, -0.25) is 0 Å². The van der Waals surface area contributed by atoms with Crippen LogP contribution in [0.5, 0.6) is 0 Å². The molecule has 1 aliphatic rings. The molecule has 1 heteroatoms. The molecule has 0 fully saturated rings. The van der Waals surface area contributed by atoms with Gasteiger partial charge in [-0.2, -0.15) is 0 Å². The first kappa shape index (κ1) is 9.35. The molecule has 0 saturated carbocycles. The summed E-state index contributed by atoms with van der Waals surface area (Å²) in [5.74, 6) is 6.09. The van der Waals surface area contributed by atoms with E-state index in [9.17, 15) is 0 Å². The number of aliphatic hydroxyl groups is 1. The Morgan fingerprint density at radius 1 is 1.58 bits per heavy atom. The van der Waals surface area contributed by atoms with Crippen molar-refractivity contribution in [2.45, 2.75) is 45.1 Å². The molecule has 0 aromatic heterocycles. The Morgan fingerprint density at radius 3 is 3.00 bits per heavy atom. The van der Waals surface area contributed by atoms with Crippen molar-refractivity contribution in [1.82, 2.24) is 0 Å². The number of rotatable bonds is 1. The van der Waals surface area contributed by atoms with Crippen LogP contribution in [0.1, 0.15) is 39.0 Å². The minimum atomic E-state index is -0.290. The summed E-state index contributed by atoms with van der Waals surface area (Å²) in [6.07, 6.45) is 7.42. The molecule has 1 rings (SSSR count). The smallest absolute Gasteiger partial charge is 0.0621 e. The second kappa shape index (κ2) is 5.00. The summed E-state index contributed by atoms with van der Waals surface area (Å²) in [6, 6.07) is 0. The SMILES string of the molecule is CC(O)CC#CC1=CCCCC1. The molecular weight excluding hydrogens is 148 g/mol. The minimum absolute atomic E-state index is 0.290. The largest absolute Gasteiger partial charge is 0.392 e. The van der Waals surface area contributed by atoms with Gasteiger partial charge in [0.1, 0.15) is 0 Å². The maximum atomic E-state index is 8.96. The van der Waals surface area contributed by atoms with Crippen LogP contribution in [-0.4, -0.2) is 11.2 Å². The van der Waals surface area contributed by atoms with Gasteiger partial charge in [0.2, 0.25) is 0 Å². The Hall–Kier alpha value is -0.740. The third-order valence-electron chi connectivity index (χ3n) is 1.94. The molecule has 66 valence electrons. The molecule has 0 bridgehead atoms. The van der Waals surface area contributed by atoms with E-state index in [0.29, 0.717) is 6.42 Å². The summed E-state index contributed by atoms with van der Waals surface area (Å²) in [5.41, 5.74) is 1.27. The quantitative estimate of drug-likeness (QED) is 0.589. The molecule has 0 amide bonds. The minimum Gasteiger partial charge on any atom is -0.392 e. The molecular formula is C11H16O. The number of hydrogen-bond donors (Lipinski definition) is 1. The lowest BCUT2D eigenvalue weighted by molar-refractivity contribution is 0.201. The van der Waals surface area contributed by atoms with Gasteiger partial charge in [0.15, 0.2) is 0 Å². The van der Waals surface area contributed by atoms with Crippen LogP contribution < -0.4 is 0 Å². The van der Waals surface area contributed by atoms with Crippen molar-refractivity contribution in [3.63, 3.8) is 0 Å². The zero-order chi connectivity index (χ0) is 8.81.